The largest absolute Gasteiger partial charge is 0.396 e. The zero-order valence-electron chi connectivity index (χ0n) is 11.4. The van der Waals surface area contributed by atoms with Crippen LogP contribution in [0.25, 0.3) is 0 Å². The molecule has 1 rings (SSSR count). The highest BCUT2D eigenvalue weighted by molar-refractivity contribution is 7.87. The maximum Gasteiger partial charge on any atom is 0.279 e. The van der Waals surface area contributed by atoms with Gasteiger partial charge in [0, 0.05) is 26.7 Å². The fraction of sp³-hybridized carbons (Fsp3) is 1.00. The summed E-state index contributed by atoms with van der Waals surface area (Å²) in [7, 11) is -1.74. The van der Waals surface area contributed by atoms with Crippen LogP contribution in [-0.2, 0) is 10.2 Å². The van der Waals surface area contributed by atoms with Crippen molar-refractivity contribution in [2.75, 3.05) is 26.7 Å². The second-order valence-electron chi connectivity index (χ2n) is 5.16. The monoisotopic (exact) mass is 278 g/mol. The number of aliphatic hydroxyl groups is 1. The summed E-state index contributed by atoms with van der Waals surface area (Å²) in [4.78, 5) is 0. The molecular weight excluding hydrogens is 252 g/mol. The van der Waals surface area contributed by atoms with Crippen molar-refractivity contribution in [1.82, 2.24) is 9.03 Å². The molecule has 0 heterocycles. The van der Waals surface area contributed by atoms with E-state index < -0.39 is 10.2 Å². The standard InChI is InChI=1S/C12H26N2O3S/c1-3-4-8-14(2)18(16,17)13-9-11-6-5-7-12(11)10-15/h11-13,15H,3-10H2,1-2H3. The topological polar surface area (TPSA) is 69.6 Å². The van der Waals surface area contributed by atoms with Crippen molar-refractivity contribution in [2.24, 2.45) is 11.8 Å². The van der Waals surface area contributed by atoms with Gasteiger partial charge >= 0.3 is 0 Å². The van der Waals surface area contributed by atoms with Gasteiger partial charge in [0.15, 0.2) is 0 Å². The van der Waals surface area contributed by atoms with E-state index in [0.29, 0.717) is 13.1 Å². The molecule has 2 unspecified atom stereocenters. The Morgan fingerprint density at radius 1 is 1.33 bits per heavy atom. The summed E-state index contributed by atoms with van der Waals surface area (Å²) in [5.41, 5.74) is 0. The summed E-state index contributed by atoms with van der Waals surface area (Å²) in [6, 6.07) is 0. The van der Waals surface area contributed by atoms with Gasteiger partial charge in [-0.15, -0.1) is 0 Å². The van der Waals surface area contributed by atoms with Crippen LogP contribution >= 0.6 is 0 Å². The molecule has 1 fully saturated rings. The van der Waals surface area contributed by atoms with E-state index in [2.05, 4.69) is 4.72 Å². The second-order valence-corrected chi connectivity index (χ2v) is 7.02. The van der Waals surface area contributed by atoms with Crippen LogP contribution in [0.4, 0.5) is 0 Å². The molecule has 1 saturated carbocycles. The Morgan fingerprint density at radius 2 is 2.00 bits per heavy atom. The third-order valence-corrected chi connectivity index (χ3v) is 5.35. The lowest BCUT2D eigenvalue weighted by molar-refractivity contribution is 0.195. The highest BCUT2D eigenvalue weighted by Gasteiger charge is 2.28. The predicted molar refractivity (Wildman–Crippen MR) is 72.4 cm³/mol. The van der Waals surface area contributed by atoms with Crippen LogP contribution in [-0.4, -0.2) is 44.6 Å². The molecule has 0 aromatic rings. The molecule has 5 nitrogen and oxygen atoms in total. The van der Waals surface area contributed by atoms with Crippen LogP contribution in [0.5, 0.6) is 0 Å². The zero-order valence-corrected chi connectivity index (χ0v) is 12.2. The molecule has 0 spiro atoms. The lowest BCUT2D eigenvalue weighted by atomic mass is 9.97. The van der Waals surface area contributed by atoms with Gasteiger partial charge in [0.25, 0.3) is 10.2 Å². The normalized spacial score (nSPS) is 24.9. The highest BCUT2D eigenvalue weighted by Crippen LogP contribution is 2.30. The quantitative estimate of drug-likeness (QED) is 0.695. The molecule has 2 N–H and O–H groups in total. The molecule has 6 heteroatoms. The van der Waals surface area contributed by atoms with Crippen molar-refractivity contribution in [3.05, 3.63) is 0 Å². The Morgan fingerprint density at radius 3 is 2.61 bits per heavy atom. The first-order chi connectivity index (χ1) is 8.51. The van der Waals surface area contributed by atoms with Crippen molar-refractivity contribution < 1.29 is 13.5 Å². The average molecular weight is 278 g/mol. The number of hydrogen-bond donors (Lipinski definition) is 2. The van der Waals surface area contributed by atoms with Gasteiger partial charge in [-0.3, -0.25) is 0 Å². The van der Waals surface area contributed by atoms with E-state index in [0.717, 1.165) is 32.1 Å². The summed E-state index contributed by atoms with van der Waals surface area (Å²) < 4.78 is 27.9. The fourth-order valence-electron chi connectivity index (χ4n) is 2.45. The van der Waals surface area contributed by atoms with Crippen LogP contribution in [0.3, 0.4) is 0 Å². The van der Waals surface area contributed by atoms with E-state index in [4.69, 9.17) is 0 Å². The minimum absolute atomic E-state index is 0.165. The average Bonchev–Trinajstić information content (AvgIpc) is 2.80. The minimum atomic E-state index is -3.35. The maximum atomic E-state index is 11.9. The minimum Gasteiger partial charge on any atom is -0.396 e. The molecule has 1 aliphatic carbocycles. The number of rotatable bonds is 8. The van der Waals surface area contributed by atoms with Gasteiger partial charge in [-0.2, -0.15) is 12.7 Å². The van der Waals surface area contributed by atoms with Crippen LogP contribution in [0.1, 0.15) is 39.0 Å². The molecule has 2 atom stereocenters. The molecule has 0 bridgehead atoms. The highest BCUT2D eigenvalue weighted by atomic mass is 32.2. The van der Waals surface area contributed by atoms with E-state index in [1.807, 2.05) is 6.92 Å². The SMILES string of the molecule is CCCCN(C)S(=O)(=O)NCC1CCCC1CO. The number of aliphatic hydroxyl groups excluding tert-OH is 1. The van der Waals surface area contributed by atoms with Gasteiger partial charge in [-0.05, 0) is 31.1 Å². The Labute approximate surface area is 111 Å². The van der Waals surface area contributed by atoms with Crippen LogP contribution in [0.2, 0.25) is 0 Å². The fourth-order valence-corrected chi connectivity index (χ4v) is 3.46. The van der Waals surface area contributed by atoms with E-state index in [-0.39, 0.29) is 18.4 Å². The Kier molecular flexibility index (Phi) is 6.55. The number of nitrogens with one attached hydrogen (secondary N) is 1. The predicted octanol–water partition coefficient (Wildman–Crippen LogP) is 0.961. The van der Waals surface area contributed by atoms with Gasteiger partial charge in [0.05, 0.1) is 0 Å². The number of nitrogens with zero attached hydrogens (tertiary/aromatic N) is 1. The molecule has 108 valence electrons. The molecule has 1 aliphatic rings. The van der Waals surface area contributed by atoms with Crippen molar-refractivity contribution in [2.45, 2.75) is 39.0 Å². The first-order valence-corrected chi connectivity index (χ1v) is 8.27. The zero-order chi connectivity index (χ0) is 13.6. The van der Waals surface area contributed by atoms with Gasteiger partial charge in [-0.1, -0.05) is 19.8 Å². The summed E-state index contributed by atoms with van der Waals surface area (Å²) >= 11 is 0. The van der Waals surface area contributed by atoms with Crippen molar-refractivity contribution >= 4 is 10.2 Å². The molecule has 0 saturated heterocycles. The molecule has 0 aliphatic heterocycles. The van der Waals surface area contributed by atoms with Crippen LogP contribution in [0.15, 0.2) is 0 Å². The van der Waals surface area contributed by atoms with Gasteiger partial charge in [0.2, 0.25) is 0 Å². The van der Waals surface area contributed by atoms with E-state index in [9.17, 15) is 13.5 Å². The summed E-state index contributed by atoms with van der Waals surface area (Å²) in [5.74, 6) is 0.540. The smallest absolute Gasteiger partial charge is 0.279 e. The summed E-state index contributed by atoms with van der Waals surface area (Å²) in [6.45, 7) is 3.21. The molecule has 18 heavy (non-hydrogen) atoms. The van der Waals surface area contributed by atoms with Crippen LogP contribution < -0.4 is 4.72 Å². The third-order valence-electron chi connectivity index (χ3n) is 3.82. The Bertz CT molecular complexity index is 332. The number of hydrogen-bond acceptors (Lipinski definition) is 3. The first-order valence-electron chi connectivity index (χ1n) is 6.83. The molecule has 0 aromatic carbocycles. The molecule has 0 radical (unpaired) electrons. The lowest BCUT2D eigenvalue weighted by Gasteiger charge is -2.21. The Hall–Kier alpha value is -0.170. The maximum absolute atomic E-state index is 11.9. The van der Waals surface area contributed by atoms with Crippen molar-refractivity contribution in [1.29, 1.82) is 0 Å². The van der Waals surface area contributed by atoms with Crippen molar-refractivity contribution in [3.63, 3.8) is 0 Å². The lowest BCUT2D eigenvalue weighted by Crippen LogP contribution is -2.41. The van der Waals surface area contributed by atoms with Crippen molar-refractivity contribution in [3.8, 4) is 0 Å². The number of unbranched alkanes of at least 4 members (excludes halogenated alkanes) is 1. The third kappa shape index (κ3) is 4.50. The molecular formula is C12H26N2O3S. The van der Waals surface area contributed by atoms with E-state index >= 15 is 0 Å². The van der Waals surface area contributed by atoms with E-state index in [1.54, 1.807) is 7.05 Å². The molecule has 0 aromatic heterocycles. The summed E-state index contributed by atoms with van der Waals surface area (Å²) in [5, 5.41) is 9.20. The van der Waals surface area contributed by atoms with Crippen LogP contribution in [0, 0.1) is 11.8 Å². The first kappa shape index (κ1) is 15.9. The van der Waals surface area contributed by atoms with E-state index in [1.165, 1.54) is 4.31 Å². The Balaban J connectivity index is 2.41. The van der Waals surface area contributed by atoms with Gasteiger partial charge in [-0.25, -0.2) is 4.72 Å². The summed E-state index contributed by atoms with van der Waals surface area (Å²) in [6.07, 6.45) is 4.96. The molecule has 0 amide bonds. The van der Waals surface area contributed by atoms with Gasteiger partial charge in [0.1, 0.15) is 0 Å². The second kappa shape index (κ2) is 7.43. The van der Waals surface area contributed by atoms with Gasteiger partial charge < -0.3 is 5.11 Å².